The highest BCUT2D eigenvalue weighted by Crippen LogP contribution is 2.45. The second-order valence-corrected chi connectivity index (χ2v) is 8.98. The van der Waals surface area contributed by atoms with Crippen molar-refractivity contribution in [2.24, 2.45) is 7.05 Å². The Labute approximate surface area is 207 Å². The Morgan fingerprint density at radius 1 is 1.03 bits per heavy atom. The predicted octanol–water partition coefficient (Wildman–Crippen LogP) is 5.78. The van der Waals surface area contributed by atoms with E-state index >= 15 is 0 Å². The van der Waals surface area contributed by atoms with Crippen molar-refractivity contribution in [3.63, 3.8) is 0 Å². The van der Waals surface area contributed by atoms with Crippen LogP contribution >= 0.6 is 11.6 Å². The number of aryl methyl sites for hydroxylation is 2. The van der Waals surface area contributed by atoms with E-state index in [1.807, 2.05) is 49.0 Å². The lowest BCUT2D eigenvalue weighted by molar-refractivity contribution is -0.132. The fraction of sp³-hybridized carbons (Fsp3) is 0.143. The number of carbonyl (C=O) groups excluding carboxylic acids is 2. The van der Waals surface area contributed by atoms with Crippen molar-refractivity contribution in [3.8, 4) is 5.75 Å². The highest BCUT2D eigenvalue weighted by molar-refractivity contribution is 6.52. The molecule has 0 aliphatic carbocycles. The van der Waals surface area contributed by atoms with Crippen LogP contribution in [-0.4, -0.2) is 28.5 Å². The number of aliphatic hydroxyl groups is 1. The summed E-state index contributed by atoms with van der Waals surface area (Å²) < 4.78 is 7.23. The smallest absolute Gasteiger partial charge is 0.300 e. The number of fused-ring (bicyclic) bond motifs is 1. The third-order valence-corrected chi connectivity index (χ3v) is 6.71. The molecule has 2 heterocycles. The summed E-state index contributed by atoms with van der Waals surface area (Å²) in [5.41, 5.74) is 3.42. The van der Waals surface area contributed by atoms with E-state index in [2.05, 4.69) is 0 Å². The maximum Gasteiger partial charge on any atom is 0.300 e. The molecule has 1 N–H and O–H groups in total. The van der Waals surface area contributed by atoms with Crippen LogP contribution < -0.4 is 9.64 Å². The van der Waals surface area contributed by atoms with E-state index < -0.39 is 17.7 Å². The Balaban J connectivity index is 1.80. The fourth-order valence-corrected chi connectivity index (χ4v) is 4.89. The molecule has 35 heavy (non-hydrogen) atoms. The highest BCUT2D eigenvalue weighted by atomic mass is 35.5. The van der Waals surface area contributed by atoms with Gasteiger partial charge in [-0.05, 0) is 61.0 Å². The molecule has 1 amide bonds. The van der Waals surface area contributed by atoms with Crippen LogP contribution in [-0.2, 0) is 16.6 Å². The molecule has 0 saturated carbocycles. The molecule has 0 bridgehead atoms. The highest BCUT2D eigenvalue weighted by Gasteiger charge is 2.48. The van der Waals surface area contributed by atoms with Crippen LogP contribution in [0.15, 0.2) is 78.5 Å². The molecule has 0 spiro atoms. The second kappa shape index (κ2) is 8.64. The molecule has 7 heteroatoms. The van der Waals surface area contributed by atoms with E-state index in [0.29, 0.717) is 22.0 Å². The summed E-state index contributed by atoms with van der Waals surface area (Å²) in [4.78, 5) is 28.3. The van der Waals surface area contributed by atoms with Gasteiger partial charge in [0.2, 0.25) is 0 Å². The van der Waals surface area contributed by atoms with Gasteiger partial charge in [0.1, 0.15) is 11.5 Å². The Bertz CT molecular complexity index is 1520. The molecule has 0 radical (unpaired) electrons. The molecule has 1 unspecified atom stereocenters. The normalized spacial score (nSPS) is 17.4. The zero-order valence-corrected chi connectivity index (χ0v) is 20.2. The number of ether oxygens (including phenoxy) is 1. The Kier molecular flexibility index (Phi) is 5.61. The number of hydrogen-bond donors (Lipinski definition) is 1. The Hall–Kier alpha value is -4.03. The van der Waals surface area contributed by atoms with Crippen LogP contribution in [0.5, 0.6) is 5.75 Å². The number of methoxy groups -OCH3 is 1. The van der Waals surface area contributed by atoms with Crippen molar-refractivity contribution in [1.29, 1.82) is 0 Å². The van der Waals surface area contributed by atoms with Gasteiger partial charge < -0.3 is 14.4 Å². The summed E-state index contributed by atoms with van der Waals surface area (Å²) in [6.07, 6.45) is 1.90. The Morgan fingerprint density at radius 2 is 1.74 bits per heavy atom. The average molecular weight is 487 g/mol. The number of rotatable bonds is 4. The third kappa shape index (κ3) is 3.67. The number of para-hydroxylation sites is 1. The molecule has 176 valence electrons. The van der Waals surface area contributed by atoms with Crippen molar-refractivity contribution in [2.45, 2.75) is 13.0 Å². The van der Waals surface area contributed by atoms with Gasteiger partial charge in [0.25, 0.3) is 11.7 Å². The first-order valence-electron chi connectivity index (χ1n) is 11.1. The van der Waals surface area contributed by atoms with Crippen LogP contribution in [0.4, 0.5) is 5.69 Å². The molecule has 5 rings (SSSR count). The quantitative estimate of drug-likeness (QED) is 0.225. The van der Waals surface area contributed by atoms with Crippen LogP contribution in [0, 0.1) is 6.92 Å². The minimum Gasteiger partial charge on any atom is -0.507 e. The predicted molar refractivity (Wildman–Crippen MR) is 137 cm³/mol. The van der Waals surface area contributed by atoms with E-state index in [0.717, 1.165) is 22.0 Å². The molecule has 3 aromatic carbocycles. The van der Waals surface area contributed by atoms with Crippen molar-refractivity contribution in [2.75, 3.05) is 12.0 Å². The molecule has 1 aromatic heterocycles. The number of aliphatic hydroxyl groups excluding tert-OH is 1. The minimum atomic E-state index is -0.830. The number of carbonyl (C=O) groups is 2. The maximum absolute atomic E-state index is 13.5. The number of aromatic nitrogens is 1. The van der Waals surface area contributed by atoms with Gasteiger partial charge in [-0.15, -0.1) is 0 Å². The van der Waals surface area contributed by atoms with E-state index in [1.54, 1.807) is 49.6 Å². The lowest BCUT2D eigenvalue weighted by atomic mass is 9.93. The van der Waals surface area contributed by atoms with Gasteiger partial charge >= 0.3 is 0 Å². The standard InChI is InChI=1S/C28H23ClN2O4/c1-16-14-19(35-3)12-13-20(16)26(32)24-25(22-15-30(2)23-7-5-4-6-21(22)23)31(28(34)27(24)33)18-10-8-17(29)9-11-18/h4-15,25,32H,1-3H3/b26-24+. The van der Waals surface area contributed by atoms with E-state index in [9.17, 15) is 14.7 Å². The summed E-state index contributed by atoms with van der Waals surface area (Å²) >= 11 is 6.09. The first kappa shape index (κ1) is 22.7. The van der Waals surface area contributed by atoms with Crippen LogP contribution in [0.3, 0.4) is 0 Å². The van der Waals surface area contributed by atoms with Crippen LogP contribution in [0.25, 0.3) is 16.7 Å². The molecule has 1 atom stereocenters. The number of Topliss-reactive ketones (excluding diaryl/α,β-unsaturated/α-hetero) is 1. The molecular weight excluding hydrogens is 464 g/mol. The summed E-state index contributed by atoms with van der Waals surface area (Å²) in [6.45, 7) is 1.82. The number of nitrogens with zero attached hydrogens (tertiary/aromatic N) is 2. The molecule has 4 aromatic rings. The van der Waals surface area contributed by atoms with Crippen molar-refractivity contribution < 1.29 is 19.4 Å². The van der Waals surface area contributed by atoms with Gasteiger partial charge in [0.15, 0.2) is 0 Å². The number of hydrogen-bond acceptors (Lipinski definition) is 4. The number of halogens is 1. The molecule has 1 aliphatic rings. The van der Waals surface area contributed by atoms with Gasteiger partial charge in [-0.1, -0.05) is 29.8 Å². The number of benzene rings is 3. The van der Waals surface area contributed by atoms with E-state index in [1.165, 1.54) is 4.90 Å². The maximum atomic E-state index is 13.5. The monoisotopic (exact) mass is 486 g/mol. The fourth-order valence-electron chi connectivity index (χ4n) is 4.76. The van der Waals surface area contributed by atoms with Gasteiger partial charge in [-0.25, -0.2) is 0 Å². The Morgan fingerprint density at radius 3 is 2.43 bits per heavy atom. The van der Waals surface area contributed by atoms with Gasteiger partial charge in [-0.2, -0.15) is 0 Å². The first-order valence-corrected chi connectivity index (χ1v) is 11.4. The molecule has 1 saturated heterocycles. The minimum absolute atomic E-state index is 0.0366. The zero-order valence-electron chi connectivity index (χ0n) is 19.4. The molecule has 6 nitrogen and oxygen atoms in total. The second-order valence-electron chi connectivity index (χ2n) is 8.54. The number of amides is 1. The first-order chi connectivity index (χ1) is 16.8. The van der Waals surface area contributed by atoms with Crippen LogP contribution in [0.1, 0.15) is 22.7 Å². The van der Waals surface area contributed by atoms with Gasteiger partial charge in [0.05, 0.1) is 18.7 Å². The largest absolute Gasteiger partial charge is 0.507 e. The summed E-state index contributed by atoms with van der Waals surface area (Å²) in [5.74, 6) is -1.05. The third-order valence-electron chi connectivity index (χ3n) is 6.46. The topological polar surface area (TPSA) is 71.8 Å². The molecular formula is C28H23ClN2O4. The summed E-state index contributed by atoms with van der Waals surface area (Å²) in [5, 5.41) is 12.9. The number of anilines is 1. The molecule has 1 fully saturated rings. The van der Waals surface area contributed by atoms with E-state index in [4.69, 9.17) is 16.3 Å². The lowest BCUT2D eigenvalue weighted by Crippen LogP contribution is -2.29. The summed E-state index contributed by atoms with van der Waals surface area (Å²) in [7, 11) is 3.47. The zero-order chi connectivity index (χ0) is 24.9. The van der Waals surface area contributed by atoms with Crippen molar-refractivity contribution in [3.05, 3.63) is 100 Å². The van der Waals surface area contributed by atoms with Gasteiger partial charge in [0, 0.05) is 46.0 Å². The van der Waals surface area contributed by atoms with E-state index in [-0.39, 0.29) is 11.3 Å². The van der Waals surface area contributed by atoms with Crippen LogP contribution in [0.2, 0.25) is 5.02 Å². The summed E-state index contributed by atoms with van der Waals surface area (Å²) in [6, 6.07) is 18.9. The average Bonchev–Trinajstić information content (AvgIpc) is 3.32. The van der Waals surface area contributed by atoms with Crippen molar-refractivity contribution >= 4 is 45.6 Å². The number of ketones is 1. The molecule has 1 aliphatic heterocycles. The van der Waals surface area contributed by atoms with Gasteiger partial charge in [-0.3, -0.25) is 14.5 Å². The lowest BCUT2D eigenvalue weighted by Gasteiger charge is -2.25. The SMILES string of the molecule is COc1ccc(/C(O)=C2\C(=O)C(=O)N(c3ccc(Cl)cc3)C2c2cn(C)c3ccccc23)c(C)c1. The van der Waals surface area contributed by atoms with Crippen molar-refractivity contribution in [1.82, 2.24) is 4.57 Å².